The molecule has 2 N–H and O–H groups in total. The predicted octanol–water partition coefficient (Wildman–Crippen LogP) is 5.56. The SMILES string of the molecule is Clc1cc2c(cc1CC1CCCCCC1)CCC2.O=C(O)O. The fraction of sp³-hybridized carbons (Fsp3) is 0.611. The highest BCUT2D eigenvalue weighted by molar-refractivity contribution is 6.31. The first-order chi connectivity index (χ1) is 10.6. The molecule has 4 heteroatoms. The van der Waals surface area contributed by atoms with Gasteiger partial charge >= 0.3 is 6.16 Å². The Balaban J connectivity index is 0.000000396. The van der Waals surface area contributed by atoms with Crippen LogP contribution in [0.2, 0.25) is 5.02 Å². The molecule has 0 spiro atoms. The van der Waals surface area contributed by atoms with Crippen molar-refractivity contribution in [3.8, 4) is 0 Å². The summed E-state index contributed by atoms with van der Waals surface area (Å²) in [6.45, 7) is 0. The number of halogens is 1. The zero-order valence-corrected chi connectivity index (χ0v) is 13.7. The molecule has 3 rings (SSSR count). The van der Waals surface area contributed by atoms with Gasteiger partial charge in [-0.05, 0) is 54.4 Å². The number of carbonyl (C=O) groups is 1. The molecular weight excluding hydrogens is 300 g/mol. The van der Waals surface area contributed by atoms with Gasteiger partial charge in [-0.25, -0.2) is 4.79 Å². The van der Waals surface area contributed by atoms with E-state index in [4.69, 9.17) is 26.6 Å². The van der Waals surface area contributed by atoms with Crippen molar-refractivity contribution < 1.29 is 15.0 Å². The van der Waals surface area contributed by atoms with Crippen LogP contribution in [-0.2, 0) is 19.3 Å². The predicted molar refractivity (Wildman–Crippen MR) is 89.0 cm³/mol. The zero-order valence-electron chi connectivity index (χ0n) is 13.0. The molecule has 1 aromatic rings. The van der Waals surface area contributed by atoms with E-state index in [-0.39, 0.29) is 0 Å². The van der Waals surface area contributed by atoms with E-state index in [1.807, 2.05) is 0 Å². The van der Waals surface area contributed by atoms with E-state index in [0.717, 1.165) is 10.9 Å². The van der Waals surface area contributed by atoms with Gasteiger partial charge in [-0.15, -0.1) is 0 Å². The fourth-order valence-electron chi connectivity index (χ4n) is 3.68. The largest absolute Gasteiger partial charge is 0.503 e. The van der Waals surface area contributed by atoms with Crippen LogP contribution in [0.3, 0.4) is 0 Å². The summed E-state index contributed by atoms with van der Waals surface area (Å²) in [6.07, 6.45) is 11.7. The van der Waals surface area contributed by atoms with Crippen LogP contribution in [0.4, 0.5) is 4.79 Å². The number of aryl methyl sites for hydroxylation is 2. The van der Waals surface area contributed by atoms with Gasteiger partial charge < -0.3 is 10.2 Å². The third-order valence-corrected chi connectivity index (χ3v) is 5.10. The quantitative estimate of drug-likeness (QED) is 0.700. The van der Waals surface area contributed by atoms with Crippen molar-refractivity contribution >= 4 is 17.8 Å². The van der Waals surface area contributed by atoms with E-state index in [9.17, 15) is 0 Å². The standard InChI is InChI=1S/C17H23Cl.CH2O3/c18-17-12-15-9-5-8-14(15)11-16(17)10-13-6-3-1-2-4-7-13;2-1(3)4/h11-13H,1-10H2;(H2,2,3,4). The molecule has 0 atom stereocenters. The Hall–Kier alpha value is -1.22. The summed E-state index contributed by atoms with van der Waals surface area (Å²) in [5.41, 5.74) is 4.50. The first kappa shape index (κ1) is 17.1. The molecule has 0 bridgehead atoms. The van der Waals surface area contributed by atoms with E-state index in [1.54, 1.807) is 5.56 Å². The minimum atomic E-state index is -1.83. The second-order valence-corrected chi connectivity index (χ2v) is 6.82. The second kappa shape index (κ2) is 8.42. The first-order valence-electron chi connectivity index (χ1n) is 8.28. The van der Waals surface area contributed by atoms with Gasteiger partial charge in [0.2, 0.25) is 0 Å². The monoisotopic (exact) mass is 324 g/mol. The van der Waals surface area contributed by atoms with Gasteiger partial charge in [0.1, 0.15) is 0 Å². The molecule has 1 saturated carbocycles. The summed E-state index contributed by atoms with van der Waals surface area (Å²) in [4.78, 5) is 8.56. The maximum absolute atomic E-state index is 8.56. The first-order valence-corrected chi connectivity index (χ1v) is 8.66. The normalized spacial score (nSPS) is 18.0. The van der Waals surface area contributed by atoms with Gasteiger partial charge in [0.25, 0.3) is 0 Å². The topological polar surface area (TPSA) is 57.5 Å². The van der Waals surface area contributed by atoms with Crippen LogP contribution < -0.4 is 0 Å². The molecule has 122 valence electrons. The lowest BCUT2D eigenvalue weighted by atomic mass is 9.91. The number of benzene rings is 1. The van der Waals surface area contributed by atoms with Gasteiger partial charge in [-0.3, -0.25) is 0 Å². The number of rotatable bonds is 2. The Bertz CT molecular complexity index is 501. The number of carboxylic acid groups (broad SMARTS) is 2. The van der Waals surface area contributed by atoms with Crippen molar-refractivity contribution in [3.05, 3.63) is 33.8 Å². The minimum Gasteiger partial charge on any atom is -0.450 e. The summed E-state index contributed by atoms with van der Waals surface area (Å²) in [5, 5.41) is 15.0. The average Bonchev–Trinajstić information content (AvgIpc) is 2.73. The smallest absolute Gasteiger partial charge is 0.450 e. The molecule has 1 aromatic carbocycles. The maximum Gasteiger partial charge on any atom is 0.503 e. The highest BCUT2D eigenvalue weighted by atomic mass is 35.5. The molecule has 0 unspecified atom stereocenters. The second-order valence-electron chi connectivity index (χ2n) is 6.41. The van der Waals surface area contributed by atoms with E-state index >= 15 is 0 Å². The molecule has 0 saturated heterocycles. The Morgan fingerprint density at radius 1 is 1.00 bits per heavy atom. The summed E-state index contributed by atoms with van der Waals surface area (Å²) in [7, 11) is 0. The lowest BCUT2D eigenvalue weighted by molar-refractivity contribution is 0.137. The van der Waals surface area contributed by atoms with E-state index in [2.05, 4.69) is 12.1 Å². The molecule has 2 aliphatic rings. The van der Waals surface area contributed by atoms with Gasteiger partial charge in [0.05, 0.1) is 0 Å². The number of hydrogen-bond donors (Lipinski definition) is 2. The zero-order chi connectivity index (χ0) is 15.9. The lowest BCUT2D eigenvalue weighted by Gasteiger charge is -2.16. The van der Waals surface area contributed by atoms with E-state index in [1.165, 1.54) is 75.3 Å². The molecule has 0 heterocycles. The molecule has 0 aromatic heterocycles. The summed E-state index contributed by atoms with van der Waals surface area (Å²) >= 11 is 6.47. The molecule has 0 amide bonds. The molecular formula is C18H25ClO3. The molecule has 0 aliphatic heterocycles. The van der Waals surface area contributed by atoms with Gasteiger partial charge in [0, 0.05) is 5.02 Å². The minimum absolute atomic E-state index is 0.879. The van der Waals surface area contributed by atoms with Gasteiger partial charge in [-0.2, -0.15) is 0 Å². The Labute approximate surface area is 137 Å². The summed E-state index contributed by atoms with van der Waals surface area (Å²) in [6, 6.07) is 4.66. The van der Waals surface area contributed by atoms with Crippen LogP contribution in [0.5, 0.6) is 0 Å². The highest BCUT2D eigenvalue weighted by Gasteiger charge is 2.18. The molecule has 0 radical (unpaired) electrons. The van der Waals surface area contributed by atoms with E-state index in [0.29, 0.717) is 0 Å². The summed E-state index contributed by atoms with van der Waals surface area (Å²) in [5.74, 6) is 0.879. The molecule has 1 fully saturated rings. The van der Waals surface area contributed by atoms with Crippen molar-refractivity contribution in [1.29, 1.82) is 0 Å². The van der Waals surface area contributed by atoms with Crippen LogP contribution in [0.1, 0.15) is 61.6 Å². The molecule has 2 aliphatic carbocycles. The van der Waals surface area contributed by atoms with Crippen LogP contribution in [0.25, 0.3) is 0 Å². The highest BCUT2D eigenvalue weighted by Crippen LogP contribution is 2.32. The number of fused-ring (bicyclic) bond motifs is 1. The van der Waals surface area contributed by atoms with Crippen LogP contribution in [0, 0.1) is 5.92 Å². The third-order valence-electron chi connectivity index (χ3n) is 4.74. The van der Waals surface area contributed by atoms with Crippen molar-refractivity contribution in [3.63, 3.8) is 0 Å². The molecule has 22 heavy (non-hydrogen) atoms. The lowest BCUT2D eigenvalue weighted by Crippen LogP contribution is -2.04. The van der Waals surface area contributed by atoms with Gasteiger partial charge in [0.15, 0.2) is 0 Å². The van der Waals surface area contributed by atoms with Crippen molar-refractivity contribution in [2.45, 2.75) is 64.2 Å². The Morgan fingerprint density at radius 2 is 1.55 bits per heavy atom. The molecule has 3 nitrogen and oxygen atoms in total. The average molecular weight is 325 g/mol. The van der Waals surface area contributed by atoms with Crippen LogP contribution >= 0.6 is 11.6 Å². The maximum atomic E-state index is 8.56. The van der Waals surface area contributed by atoms with Crippen LogP contribution in [0.15, 0.2) is 12.1 Å². The van der Waals surface area contributed by atoms with E-state index < -0.39 is 6.16 Å². The van der Waals surface area contributed by atoms with Crippen molar-refractivity contribution in [1.82, 2.24) is 0 Å². The Morgan fingerprint density at radius 3 is 2.14 bits per heavy atom. The Kier molecular flexibility index (Phi) is 6.56. The van der Waals surface area contributed by atoms with Crippen molar-refractivity contribution in [2.75, 3.05) is 0 Å². The van der Waals surface area contributed by atoms with Crippen molar-refractivity contribution in [2.24, 2.45) is 5.92 Å². The fourth-order valence-corrected chi connectivity index (χ4v) is 3.94. The van der Waals surface area contributed by atoms with Crippen LogP contribution in [-0.4, -0.2) is 16.4 Å². The van der Waals surface area contributed by atoms with Gasteiger partial charge in [-0.1, -0.05) is 56.2 Å². The summed E-state index contributed by atoms with van der Waals surface area (Å²) < 4.78 is 0. The number of hydrogen-bond acceptors (Lipinski definition) is 1. The third kappa shape index (κ3) is 5.20.